The van der Waals surface area contributed by atoms with E-state index >= 15 is 0 Å². The molecule has 1 aliphatic rings. The minimum Gasteiger partial charge on any atom is -0.289 e. The Labute approximate surface area is 150 Å². The van der Waals surface area contributed by atoms with Gasteiger partial charge in [-0.2, -0.15) is 0 Å². The maximum atomic E-state index is 13.0. The zero-order chi connectivity index (χ0) is 17.7. The SMILES string of the molecule is O=C(c1ccccc1)c1ccc2c3c(cccc13)C(=O)c1ccccc1-2. The monoisotopic (exact) mass is 334 g/mol. The van der Waals surface area contributed by atoms with Gasteiger partial charge in [0.2, 0.25) is 0 Å². The van der Waals surface area contributed by atoms with Crippen LogP contribution in [0.1, 0.15) is 31.8 Å². The van der Waals surface area contributed by atoms with Gasteiger partial charge < -0.3 is 0 Å². The molecule has 122 valence electrons. The summed E-state index contributed by atoms with van der Waals surface area (Å²) >= 11 is 0. The van der Waals surface area contributed by atoms with Crippen molar-refractivity contribution in [2.45, 2.75) is 0 Å². The number of ketones is 2. The van der Waals surface area contributed by atoms with Gasteiger partial charge in [0.05, 0.1) is 0 Å². The van der Waals surface area contributed by atoms with Crippen molar-refractivity contribution < 1.29 is 9.59 Å². The summed E-state index contributed by atoms with van der Waals surface area (Å²) in [4.78, 5) is 26.0. The Balaban J connectivity index is 1.83. The summed E-state index contributed by atoms with van der Waals surface area (Å²) in [5.74, 6) is -0.0105. The molecule has 2 heteroatoms. The third-order valence-electron chi connectivity index (χ3n) is 5.03. The van der Waals surface area contributed by atoms with Crippen LogP contribution in [0.25, 0.3) is 21.9 Å². The van der Waals surface area contributed by atoms with Gasteiger partial charge >= 0.3 is 0 Å². The molecule has 2 nitrogen and oxygen atoms in total. The van der Waals surface area contributed by atoms with Crippen LogP contribution in [0, 0.1) is 0 Å². The fourth-order valence-electron chi connectivity index (χ4n) is 3.82. The molecule has 0 N–H and O–H groups in total. The fourth-order valence-corrected chi connectivity index (χ4v) is 3.82. The predicted molar refractivity (Wildman–Crippen MR) is 103 cm³/mol. The number of carbonyl (C=O) groups is 2. The normalized spacial score (nSPS) is 12.1. The van der Waals surface area contributed by atoms with Crippen molar-refractivity contribution >= 4 is 22.3 Å². The molecule has 0 spiro atoms. The second-order valence-corrected chi connectivity index (χ2v) is 6.46. The molecule has 0 saturated heterocycles. The highest BCUT2D eigenvalue weighted by atomic mass is 16.1. The number of hydrogen-bond donors (Lipinski definition) is 0. The van der Waals surface area contributed by atoms with Crippen molar-refractivity contribution in [1.29, 1.82) is 0 Å². The van der Waals surface area contributed by atoms with Crippen molar-refractivity contribution in [1.82, 2.24) is 0 Å². The first-order chi connectivity index (χ1) is 12.8. The molecule has 0 atom stereocenters. The third kappa shape index (κ3) is 1.99. The Morgan fingerprint density at radius 1 is 0.577 bits per heavy atom. The quantitative estimate of drug-likeness (QED) is 0.411. The summed E-state index contributed by atoms with van der Waals surface area (Å²) in [6.07, 6.45) is 0. The molecular weight excluding hydrogens is 320 g/mol. The van der Waals surface area contributed by atoms with Crippen molar-refractivity contribution in [2.75, 3.05) is 0 Å². The summed E-state index contributed by atoms with van der Waals surface area (Å²) < 4.78 is 0. The molecule has 0 unspecified atom stereocenters. The van der Waals surface area contributed by atoms with Crippen LogP contribution in [0.3, 0.4) is 0 Å². The Kier molecular flexibility index (Phi) is 3.13. The molecule has 4 aromatic carbocycles. The number of rotatable bonds is 2. The molecule has 5 rings (SSSR count). The van der Waals surface area contributed by atoms with E-state index in [2.05, 4.69) is 0 Å². The van der Waals surface area contributed by atoms with Crippen LogP contribution < -0.4 is 0 Å². The van der Waals surface area contributed by atoms with Crippen LogP contribution >= 0.6 is 0 Å². The molecule has 0 saturated carbocycles. The highest BCUT2D eigenvalue weighted by Gasteiger charge is 2.26. The average molecular weight is 334 g/mol. The van der Waals surface area contributed by atoms with Gasteiger partial charge in [-0.25, -0.2) is 0 Å². The highest BCUT2D eigenvalue weighted by Crippen LogP contribution is 2.40. The standard InChI is InChI=1S/C24H14O2/c25-23(15-7-2-1-3-8-15)20-14-13-18-16-9-4-5-10-19(16)24(26)21-12-6-11-17(20)22(18)21/h1-14H. The third-order valence-corrected chi connectivity index (χ3v) is 5.03. The molecule has 26 heavy (non-hydrogen) atoms. The summed E-state index contributed by atoms with van der Waals surface area (Å²) in [5, 5.41) is 1.70. The van der Waals surface area contributed by atoms with Crippen LogP contribution in [0.5, 0.6) is 0 Å². The lowest BCUT2D eigenvalue weighted by Crippen LogP contribution is -2.11. The number of fused-ring (bicyclic) bond motifs is 2. The Morgan fingerprint density at radius 2 is 1.27 bits per heavy atom. The van der Waals surface area contributed by atoms with Crippen LogP contribution in [-0.4, -0.2) is 11.6 Å². The van der Waals surface area contributed by atoms with Crippen molar-refractivity contribution in [3.63, 3.8) is 0 Å². The van der Waals surface area contributed by atoms with Crippen LogP contribution in [0.15, 0.2) is 84.9 Å². The topological polar surface area (TPSA) is 34.1 Å². The minimum atomic E-state index is -0.0272. The Hall–Kier alpha value is -3.52. The second kappa shape index (κ2) is 5.50. The van der Waals surface area contributed by atoms with E-state index in [0.717, 1.165) is 27.5 Å². The Morgan fingerprint density at radius 3 is 2.08 bits per heavy atom. The molecule has 0 fully saturated rings. The molecule has 0 bridgehead atoms. The van der Waals surface area contributed by atoms with E-state index in [4.69, 9.17) is 0 Å². The van der Waals surface area contributed by atoms with Gasteiger partial charge in [-0.05, 0) is 22.6 Å². The minimum absolute atomic E-state index is 0.0167. The van der Waals surface area contributed by atoms with Gasteiger partial charge in [-0.15, -0.1) is 0 Å². The zero-order valence-electron chi connectivity index (χ0n) is 13.9. The molecular formula is C24H14O2. The van der Waals surface area contributed by atoms with Gasteiger partial charge in [0.1, 0.15) is 0 Å². The van der Waals surface area contributed by atoms with E-state index in [1.54, 1.807) is 0 Å². The van der Waals surface area contributed by atoms with Crippen LogP contribution in [-0.2, 0) is 0 Å². The summed E-state index contributed by atoms with van der Waals surface area (Å²) in [6.45, 7) is 0. The molecule has 0 heterocycles. The predicted octanol–water partition coefficient (Wildman–Crippen LogP) is 5.28. The number of hydrogen-bond acceptors (Lipinski definition) is 2. The number of benzene rings is 4. The average Bonchev–Trinajstić information content (AvgIpc) is 2.71. The summed E-state index contributed by atoms with van der Waals surface area (Å²) in [6, 6.07) is 26.4. The maximum Gasteiger partial charge on any atom is 0.194 e. The fraction of sp³-hybridized carbons (Fsp3) is 0. The zero-order valence-corrected chi connectivity index (χ0v) is 13.9. The van der Waals surface area contributed by atoms with E-state index in [1.807, 2.05) is 84.9 Å². The summed E-state index contributed by atoms with van der Waals surface area (Å²) in [7, 11) is 0. The number of carbonyl (C=O) groups excluding carboxylic acids is 2. The molecule has 0 aromatic heterocycles. The van der Waals surface area contributed by atoms with Gasteiger partial charge in [0.25, 0.3) is 0 Å². The van der Waals surface area contributed by atoms with Crippen molar-refractivity contribution in [2.24, 2.45) is 0 Å². The Bertz CT molecular complexity index is 1200. The maximum absolute atomic E-state index is 13.0. The second-order valence-electron chi connectivity index (χ2n) is 6.46. The molecule has 0 amide bonds. The first-order valence-corrected chi connectivity index (χ1v) is 8.55. The van der Waals surface area contributed by atoms with E-state index < -0.39 is 0 Å². The molecule has 4 aromatic rings. The molecule has 0 radical (unpaired) electrons. The molecule has 0 aliphatic heterocycles. The van der Waals surface area contributed by atoms with Crippen molar-refractivity contribution in [3.05, 3.63) is 107 Å². The highest BCUT2D eigenvalue weighted by molar-refractivity contribution is 6.28. The smallest absolute Gasteiger partial charge is 0.194 e. The van der Waals surface area contributed by atoms with Gasteiger partial charge in [0.15, 0.2) is 11.6 Å². The van der Waals surface area contributed by atoms with Crippen LogP contribution in [0.2, 0.25) is 0 Å². The van der Waals surface area contributed by atoms with Crippen molar-refractivity contribution in [3.8, 4) is 11.1 Å². The summed E-state index contributed by atoms with van der Waals surface area (Å²) in [5.41, 5.74) is 4.60. The lowest BCUT2D eigenvalue weighted by atomic mass is 9.81. The first kappa shape index (κ1) is 14.8. The lowest BCUT2D eigenvalue weighted by molar-refractivity contribution is 0.103. The first-order valence-electron chi connectivity index (χ1n) is 8.55. The van der Waals surface area contributed by atoms with Gasteiger partial charge in [-0.3, -0.25) is 9.59 Å². The van der Waals surface area contributed by atoms with E-state index in [1.165, 1.54) is 0 Å². The van der Waals surface area contributed by atoms with E-state index in [-0.39, 0.29) is 11.6 Å². The lowest BCUT2D eigenvalue weighted by Gasteiger charge is -2.21. The van der Waals surface area contributed by atoms with Gasteiger partial charge in [0, 0.05) is 27.6 Å². The van der Waals surface area contributed by atoms with E-state index in [9.17, 15) is 9.59 Å². The van der Waals surface area contributed by atoms with Crippen LogP contribution in [0.4, 0.5) is 0 Å². The van der Waals surface area contributed by atoms with E-state index in [0.29, 0.717) is 16.7 Å². The van der Waals surface area contributed by atoms with Gasteiger partial charge in [-0.1, -0.05) is 78.9 Å². The molecule has 1 aliphatic carbocycles. The largest absolute Gasteiger partial charge is 0.289 e.